The predicted octanol–water partition coefficient (Wildman–Crippen LogP) is 5.68. The minimum Gasteiger partial charge on any atom is -0.291 e. The molecule has 0 radical (unpaired) electrons. The van der Waals surface area contributed by atoms with E-state index in [2.05, 4.69) is 56.9 Å². The summed E-state index contributed by atoms with van der Waals surface area (Å²) in [6.07, 6.45) is 2.62. The van der Waals surface area contributed by atoms with E-state index in [-0.39, 0.29) is 5.91 Å². The number of pyridine rings is 1. The second-order valence-corrected chi connectivity index (χ2v) is 8.97. The average Bonchev–Trinajstić information content (AvgIpc) is 3.14. The normalized spacial score (nSPS) is 13.4. The molecule has 0 bridgehead atoms. The van der Waals surface area contributed by atoms with Gasteiger partial charge in [0.25, 0.3) is 5.91 Å². The van der Waals surface area contributed by atoms with E-state index in [0.29, 0.717) is 18.1 Å². The van der Waals surface area contributed by atoms with Gasteiger partial charge in [-0.1, -0.05) is 30.3 Å². The van der Waals surface area contributed by atoms with Crippen LogP contribution in [-0.4, -0.2) is 27.2 Å². The molecule has 166 valence electrons. The molecule has 0 saturated carbocycles. The molecule has 1 amide bonds. The molecule has 5 rings (SSSR count). The van der Waals surface area contributed by atoms with E-state index in [9.17, 15) is 4.79 Å². The third kappa shape index (κ3) is 3.54. The van der Waals surface area contributed by atoms with Crippen LogP contribution in [0.2, 0.25) is 0 Å². The third-order valence-electron chi connectivity index (χ3n) is 6.74. The first-order chi connectivity index (χ1) is 15.8. The summed E-state index contributed by atoms with van der Waals surface area (Å²) >= 11 is 0. The maximum atomic E-state index is 13.7. The molecular weight excluding hydrogens is 408 g/mol. The number of amides is 1. The van der Waals surface area contributed by atoms with E-state index >= 15 is 0 Å². The largest absolute Gasteiger partial charge is 0.291 e. The van der Waals surface area contributed by atoms with Crippen LogP contribution in [0.1, 0.15) is 44.0 Å². The van der Waals surface area contributed by atoms with Crippen molar-refractivity contribution in [2.24, 2.45) is 0 Å². The van der Waals surface area contributed by atoms with E-state index in [0.717, 1.165) is 40.1 Å². The molecule has 33 heavy (non-hydrogen) atoms. The average molecular weight is 437 g/mol. The van der Waals surface area contributed by atoms with E-state index < -0.39 is 0 Å². The Morgan fingerprint density at radius 1 is 0.848 bits per heavy atom. The van der Waals surface area contributed by atoms with Gasteiger partial charge in [0.2, 0.25) is 0 Å². The fourth-order valence-corrected chi connectivity index (χ4v) is 4.70. The summed E-state index contributed by atoms with van der Waals surface area (Å²) in [6.45, 7) is 11.0. The lowest BCUT2D eigenvalue weighted by Crippen LogP contribution is -2.39. The smallest absolute Gasteiger partial charge is 0.278 e. The Kier molecular flexibility index (Phi) is 5.12. The Balaban J connectivity index is 1.53. The summed E-state index contributed by atoms with van der Waals surface area (Å²) in [6, 6.07) is 16.5. The summed E-state index contributed by atoms with van der Waals surface area (Å²) in [4.78, 5) is 20.2. The number of nitrogens with zero attached hydrogens (tertiary/aromatic N) is 4. The minimum atomic E-state index is -0.0504. The van der Waals surface area contributed by atoms with Crippen molar-refractivity contribution in [2.45, 2.75) is 41.0 Å². The van der Waals surface area contributed by atoms with E-state index in [4.69, 9.17) is 5.10 Å². The van der Waals surface area contributed by atoms with Crippen molar-refractivity contribution in [2.75, 3.05) is 11.4 Å². The topological polar surface area (TPSA) is 51.0 Å². The highest BCUT2D eigenvalue weighted by atomic mass is 16.2. The Bertz CT molecular complexity index is 1380. The Hall–Kier alpha value is -3.73. The lowest BCUT2D eigenvalue weighted by molar-refractivity contribution is 0.0972. The molecule has 2 aromatic heterocycles. The first-order valence-electron chi connectivity index (χ1n) is 11.4. The zero-order valence-electron chi connectivity index (χ0n) is 19.8. The van der Waals surface area contributed by atoms with Gasteiger partial charge in [-0.15, -0.1) is 0 Å². The molecule has 3 heterocycles. The molecule has 0 saturated heterocycles. The lowest BCUT2D eigenvalue weighted by atomic mass is 10.0. The zero-order valence-corrected chi connectivity index (χ0v) is 19.8. The van der Waals surface area contributed by atoms with Crippen LogP contribution in [0.5, 0.6) is 0 Å². The number of hydrogen-bond donors (Lipinski definition) is 0. The highest BCUT2D eigenvalue weighted by molar-refractivity contribution is 6.07. The Morgan fingerprint density at radius 2 is 1.61 bits per heavy atom. The summed E-state index contributed by atoms with van der Waals surface area (Å²) in [7, 11) is 0. The Morgan fingerprint density at radius 3 is 2.33 bits per heavy atom. The van der Waals surface area contributed by atoms with Gasteiger partial charge < -0.3 is 0 Å². The monoisotopic (exact) mass is 436 g/mol. The van der Waals surface area contributed by atoms with Gasteiger partial charge in [0.15, 0.2) is 0 Å². The fraction of sp³-hybridized carbons (Fsp3) is 0.250. The first kappa shape index (κ1) is 21.1. The molecule has 0 N–H and O–H groups in total. The molecule has 5 heteroatoms. The van der Waals surface area contributed by atoms with Gasteiger partial charge in [-0.05, 0) is 87.1 Å². The van der Waals surface area contributed by atoms with Crippen molar-refractivity contribution in [3.63, 3.8) is 0 Å². The van der Waals surface area contributed by atoms with E-state index in [1.54, 1.807) is 4.90 Å². The fourth-order valence-electron chi connectivity index (χ4n) is 4.70. The number of anilines is 1. The predicted molar refractivity (Wildman–Crippen MR) is 132 cm³/mol. The molecule has 2 aromatic carbocycles. The number of aryl methyl sites for hydroxylation is 5. The van der Waals surface area contributed by atoms with Gasteiger partial charge >= 0.3 is 0 Å². The van der Waals surface area contributed by atoms with Crippen molar-refractivity contribution < 1.29 is 4.79 Å². The highest BCUT2D eigenvalue weighted by Gasteiger charge is 2.33. The van der Waals surface area contributed by atoms with Crippen molar-refractivity contribution in [3.8, 4) is 16.8 Å². The van der Waals surface area contributed by atoms with Gasteiger partial charge in [-0.2, -0.15) is 5.10 Å². The third-order valence-corrected chi connectivity index (χ3v) is 6.74. The lowest BCUT2D eigenvalue weighted by Gasteiger charge is -2.27. The van der Waals surface area contributed by atoms with Crippen molar-refractivity contribution >= 4 is 11.7 Å². The molecule has 1 aliphatic rings. The number of benzene rings is 2. The summed E-state index contributed by atoms with van der Waals surface area (Å²) in [5.74, 6) is 0.621. The number of rotatable bonds is 3. The number of aromatic nitrogens is 3. The van der Waals surface area contributed by atoms with Crippen LogP contribution >= 0.6 is 0 Å². The molecule has 0 spiro atoms. The van der Waals surface area contributed by atoms with Crippen molar-refractivity contribution in [3.05, 3.63) is 93.9 Å². The first-order valence-corrected chi connectivity index (χ1v) is 11.4. The number of carbonyl (C=O) groups is 1. The molecule has 0 aliphatic carbocycles. The van der Waals surface area contributed by atoms with Crippen LogP contribution in [0.15, 0.2) is 54.7 Å². The standard InChI is InChI=1S/C28H28N4O/c1-17-8-6-7-9-23(17)22-10-11-26(29-16-22)31-13-12-24-21(5)30-32(27(24)28(31)33)25-15-19(3)18(2)14-20(25)4/h6-11,14-16H,12-13H2,1-5H3. The van der Waals surface area contributed by atoms with Crippen LogP contribution in [0.3, 0.4) is 0 Å². The maximum Gasteiger partial charge on any atom is 0.278 e. The molecule has 5 nitrogen and oxygen atoms in total. The van der Waals surface area contributed by atoms with Crippen LogP contribution < -0.4 is 4.90 Å². The second-order valence-electron chi connectivity index (χ2n) is 8.97. The molecule has 1 aliphatic heterocycles. The SMILES string of the molecule is Cc1cc(C)c(-n2nc(C)c3c2C(=O)N(c2ccc(-c4ccccc4C)cn2)CC3)cc1C. The second kappa shape index (κ2) is 8.00. The van der Waals surface area contributed by atoms with Gasteiger partial charge in [0.1, 0.15) is 11.5 Å². The van der Waals surface area contributed by atoms with Gasteiger partial charge in [0.05, 0.1) is 11.4 Å². The number of hydrogen-bond acceptors (Lipinski definition) is 3. The minimum absolute atomic E-state index is 0.0504. The van der Waals surface area contributed by atoms with Gasteiger partial charge in [-0.25, -0.2) is 9.67 Å². The zero-order chi connectivity index (χ0) is 23.3. The number of fused-ring (bicyclic) bond motifs is 1. The van der Waals surface area contributed by atoms with Crippen LogP contribution in [0.4, 0.5) is 5.82 Å². The molecule has 0 unspecified atom stereocenters. The summed E-state index contributed by atoms with van der Waals surface area (Å²) < 4.78 is 1.84. The maximum absolute atomic E-state index is 13.7. The van der Waals surface area contributed by atoms with Crippen LogP contribution in [0.25, 0.3) is 16.8 Å². The molecular formula is C28H28N4O. The number of carbonyl (C=O) groups excluding carboxylic acids is 1. The van der Waals surface area contributed by atoms with Crippen molar-refractivity contribution in [1.29, 1.82) is 0 Å². The van der Waals surface area contributed by atoms with E-state index in [1.807, 2.05) is 42.1 Å². The molecule has 0 atom stereocenters. The Labute approximate surface area is 194 Å². The molecule has 0 fully saturated rings. The molecule has 4 aromatic rings. The summed E-state index contributed by atoms with van der Waals surface area (Å²) in [5.41, 5.74) is 10.5. The van der Waals surface area contributed by atoms with Crippen molar-refractivity contribution in [1.82, 2.24) is 14.8 Å². The summed E-state index contributed by atoms with van der Waals surface area (Å²) in [5, 5.41) is 4.78. The highest BCUT2D eigenvalue weighted by Crippen LogP contribution is 2.30. The van der Waals surface area contributed by atoms with Gasteiger partial charge in [-0.3, -0.25) is 9.69 Å². The van der Waals surface area contributed by atoms with Gasteiger partial charge in [0, 0.05) is 23.9 Å². The van der Waals surface area contributed by atoms with E-state index in [1.165, 1.54) is 16.7 Å². The van der Waals surface area contributed by atoms with Crippen LogP contribution in [0, 0.1) is 34.6 Å². The van der Waals surface area contributed by atoms with Crippen LogP contribution in [-0.2, 0) is 6.42 Å². The quantitative estimate of drug-likeness (QED) is 0.415.